The summed E-state index contributed by atoms with van der Waals surface area (Å²) in [5, 5.41) is 0. The van der Waals surface area contributed by atoms with E-state index < -0.39 is 5.60 Å². The van der Waals surface area contributed by atoms with Crippen LogP contribution in [0.1, 0.15) is 26.7 Å². The van der Waals surface area contributed by atoms with Crippen LogP contribution in [0.2, 0.25) is 0 Å². The molecule has 0 aliphatic carbocycles. The summed E-state index contributed by atoms with van der Waals surface area (Å²) in [6.45, 7) is 4.16. The van der Waals surface area contributed by atoms with Crippen LogP contribution in [0.25, 0.3) is 0 Å². The first-order chi connectivity index (χ1) is 6.97. The molecule has 0 aromatic heterocycles. The topological polar surface area (TPSA) is 46.6 Å². The van der Waals surface area contributed by atoms with Crippen LogP contribution in [0.15, 0.2) is 0 Å². The lowest BCUT2D eigenvalue weighted by Gasteiger charge is -2.41. The van der Waals surface area contributed by atoms with Gasteiger partial charge >= 0.3 is 5.97 Å². The van der Waals surface area contributed by atoms with Crippen molar-refractivity contribution in [2.24, 2.45) is 0 Å². The Bertz CT molecular complexity index is 318. The van der Waals surface area contributed by atoms with Gasteiger partial charge < -0.3 is 9.64 Å². The third-order valence-electron chi connectivity index (χ3n) is 3.28. The molecule has 2 saturated heterocycles. The number of hydrogen-bond acceptors (Lipinski definition) is 3. The molecule has 2 rings (SSSR count). The molecule has 0 spiro atoms. The summed E-state index contributed by atoms with van der Waals surface area (Å²) >= 11 is 3.33. The van der Waals surface area contributed by atoms with Gasteiger partial charge in [0.2, 0.25) is 0 Å². The van der Waals surface area contributed by atoms with Gasteiger partial charge in [-0.15, -0.1) is 0 Å². The van der Waals surface area contributed by atoms with Crippen LogP contribution in [-0.4, -0.2) is 39.8 Å². The lowest BCUT2D eigenvalue weighted by molar-refractivity contribution is -0.188. The van der Waals surface area contributed by atoms with Gasteiger partial charge in [-0.1, -0.05) is 15.9 Å². The number of carbonyl (C=O) groups is 2. The standard InChI is InChI=1S/C10H14BrNO3/c1-6(11)10(2)9(14)12-5-3-4-7(12)8(13)15-10/h6-7H,3-5H2,1-2H3/t6-,7+,10-/m1/s1. The monoisotopic (exact) mass is 275 g/mol. The fourth-order valence-electron chi connectivity index (χ4n) is 2.11. The molecule has 0 saturated carbocycles. The molecule has 1 amide bonds. The van der Waals surface area contributed by atoms with E-state index in [1.165, 1.54) is 0 Å². The minimum absolute atomic E-state index is 0.0750. The molecule has 0 N–H and O–H groups in total. The molecule has 0 aromatic carbocycles. The number of ether oxygens (including phenoxy) is 1. The van der Waals surface area contributed by atoms with E-state index in [2.05, 4.69) is 15.9 Å². The summed E-state index contributed by atoms with van der Waals surface area (Å²) in [7, 11) is 0. The summed E-state index contributed by atoms with van der Waals surface area (Å²) in [6, 6.07) is -0.336. The fourth-order valence-corrected chi connectivity index (χ4v) is 2.40. The quantitative estimate of drug-likeness (QED) is 0.532. The van der Waals surface area contributed by atoms with Crippen LogP contribution < -0.4 is 0 Å². The van der Waals surface area contributed by atoms with Crippen molar-refractivity contribution in [1.29, 1.82) is 0 Å². The molecule has 2 aliphatic heterocycles. The van der Waals surface area contributed by atoms with Crippen LogP contribution in [0.4, 0.5) is 0 Å². The van der Waals surface area contributed by atoms with E-state index in [0.717, 1.165) is 12.8 Å². The number of nitrogens with zero attached hydrogens (tertiary/aromatic N) is 1. The van der Waals surface area contributed by atoms with Crippen molar-refractivity contribution in [3.8, 4) is 0 Å². The molecule has 2 fully saturated rings. The predicted molar refractivity (Wildman–Crippen MR) is 57.6 cm³/mol. The first kappa shape index (κ1) is 10.9. The third kappa shape index (κ3) is 1.48. The van der Waals surface area contributed by atoms with Gasteiger partial charge in [0.05, 0.1) is 4.83 Å². The highest BCUT2D eigenvalue weighted by Crippen LogP contribution is 2.34. The summed E-state index contributed by atoms with van der Waals surface area (Å²) in [6.07, 6.45) is 1.62. The minimum atomic E-state index is -1.04. The fraction of sp³-hybridized carbons (Fsp3) is 0.800. The van der Waals surface area contributed by atoms with Gasteiger partial charge in [0.1, 0.15) is 6.04 Å². The van der Waals surface area contributed by atoms with E-state index in [4.69, 9.17) is 4.74 Å². The average Bonchev–Trinajstić information content (AvgIpc) is 2.62. The van der Waals surface area contributed by atoms with Gasteiger partial charge in [-0.25, -0.2) is 4.79 Å². The lowest BCUT2D eigenvalue weighted by atomic mass is 9.98. The number of hydrogen-bond donors (Lipinski definition) is 0. The van der Waals surface area contributed by atoms with Gasteiger partial charge in [0.25, 0.3) is 5.91 Å². The van der Waals surface area contributed by atoms with Crippen LogP contribution in [0.5, 0.6) is 0 Å². The van der Waals surface area contributed by atoms with Crippen molar-refractivity contribution >= 4 is 27.8 Å². The summed E-state index contributed by atoms with van der Waals surface area (Å²) in [5.41, 5.74) is -1.04. The summed E-state index contributed by atoms with van der Waals surface area (Å²) < 4.78 is 5.28. The van der Waals surface area contributed by atoms with E-state index in [0.29, 0.717) is 6.54 Å². The zero-order valence-corrected chi connectivity index (χ0v) is 10.4. The van der Waals surface area contributed by atoms with Gasteiger partial charge in [0.15, 0.2) is 5.60 Å². The Morgan fingerprint density at radius 1 is 1.60 bits per heavy atom. The van der Waals surface area contributed by atoms with E-state index >= 15 is 0 Å². The van der Waals surface area contributed by atoms with E-state index in [1.807, 2.05) is 6.92 Å². The smallest absolute Gasteiger partial charge is 0.329 e. The predicted octanol–water partition coefficient (Wildman–Crippen LogP) is 1.08. The number of rotatable bonds is 1. The summed E-state index contributed by atoms with van der Waals surface area (Å²) in [5.74, 6) is -0.338. The second-order valence-corrected chi connectivity index (χ2v) is 5.67. The van der Waals surface area contributed by atoms with E-state index in [9.17, 15) is 9.59 Å². The molecule has 4 nitrogen and oxygen atoms in total. The van der Waals surface area contributed by atoms with E-state index in [1.54, 1.807) is 11.8 Å². The minimum Gasteiger partial charge on any atom is -0.446 e. The first-order valence-electron chi connectivity index (χ1n) is 5.15. The molecule has 15 heavy (non-hydrogen) atoms. The highest BCUT2D eigenvalue weighted by atomic mass is 79.9. The van der Waals surface area contributed by atoms with Crippen molar-refractivity contribution in [3.63, 3.8) is 0 Å². The number of carbonyl (C=O) groups excluding carboxylic acids is 2. The SMILES string of the molecule is C[C@@H](Br)[C@@]1(C)OC(=O)[C@@H]2CCCN2C1=O. The Labute approximate surface area is 97.1 Å². The third-order valence-corrected chi connectivity index (χ3v) is 4.16. The molecular weight excluding hydrogens is 262 g/mol. The largest absolute Gasteiger partial charge is 0.446 e. The van der Waals surface area contributed by atoms with Gasteiger partial charge in [0, 0.05) is 6.54 Å². The van der Waals surface area contributed by atoms with Crippen molar-refractivity contribution in [3.05, 3.63) is 0 Å². The Hall–Kier alpha value is -0.580. The number of amides is 1. The maximum Gasteiger partial charge on any atom is 0.329 e. The van der Waals surface area contributed by atoms with Crippen LogP contribution in [-0.2, 0) is 14.3 Å². The Morgan fingerprint density at radius 2 is 2.27 bits per heavy atom. The molecule has 0 bridgehead atoms. The van der Waals surface area contributed by atoms with Gasteiger partial charge in [-0.2, -0.15) is 0 Å². The highest BCUT2D eigenvalue weighted by Gasteiger charge is 2.53. The lowest BCUT2D eigenvalue weighted by Crippen LogP contribution is -2.62. The van der Waals surface area contributed by atoms with Crippen molar-refractivity contribution in [2.75, 3.05) is 6.54 Å². The first-order valence-corrected chi connectivity index (χ1v) is 6.06. The molecular formula is C10H14BrNO3. The molecule has 2 heterocycles. The van der Waals surface area contributed by atoms with Gasteiger partial charge in [-0.3, -0.25) is 4.79 Å². The maximum absolute atomic E-state index is 12.1. The maximum atomic E-state index is 12.1. The number of fused-ring (bicyclic) bond motifs is 1. The summed E-state index contributed by atoms with van der Waals surface area (Å²) in [4.78, 5) is 25.3. The Kier molecular flexibility index (Phi) is 2.53. The van der Waals surface area contributed by atoms with Crippen LogP contribution in [0.3, 0.4) is 0 Å². The molecule has 0 radical (unpaired) electrons. The molecule has 0 aromatic rings. The van der Waals surface area contributed by atoms with Gasteiger partial charge in [-0.05, 0) is 26.7 Å². The number of morpholine rings is 1. The van der Waals surface area contributed by atoms with Crippen LogP contribution >= 0.6 is 15.9 Å². The van der Waals surface area contributed by atoms with Crippen molar-refractivity contribution in [2.45, 2.75) is 43.2 Å². The Balaban J connectivity index is 2.32. The second kappa shape index (κ2) is 3.47. The molecule has 5 heteroatoms. The molecule has 2 aliphatic rings. The highest BCUT2D eigenvalue weighted by molar-refractivity contribution is 9.09. The second-order valence-electron chi connectivity index (χ2n) is 4.30. The number of esters is 1. The molecule has 0 unspecified atom stereocenters. The number of alkyl halides is 1. The Morgan fingerprint density at radius 3 is 2.87 bits per heavy atom. The molecule has 3 atom stereocenters. The van der Waals surface area contributed by atoms with E-state index in [-0.39, 0.29) is 22.7 Å². The van der Waals surface area contributed by atoms with Crippen LogP contribution in [0, 0.1) is 0 Å². The average molecular weight is 276 g/mol. The van der Waals surface area contributed by atoms with Crippen molar-refractivity contribution in [1.82, 2.24) is 4.90 Å². The zero-order valence-electron chi connectivity index (χ0n) is 8.83. The normalized spacial score (nSPS) is 37.5. The number of halogens is 1. The number of cyclic esters (lactones) is 1. The molecule has 84 valence electrons. The zero-order chi connectivity index (χ0) is 11.2. The van der Waals surface area contributed by atoms with Crippen molar-refractivity contribution < 1.29 is 14.3 Å².